The Balaban J connectivity index is 2.98. The minimum absolute atomic E-state index is 0.0893. The van der Waals surface area contributed by atoms with E-state index in [9.17, 15) is 14.9 Å². The van der Waals surface area contributed by atoms with Crippen LogP contribution in [0, 0.1) is 10.1 Å². The lowest BCUT2D eigenvalue weighted by atomic mass is 9.90. The van der Waals surface area contributed by atoms with Crippen LogP contribution in [0.25, 0.3) is 10.9 Å². The summed E-state index contributed by atoms with van der Waals surface area (Å²) in [4.78, 5) is 26.5. The van der Waals surface area contributed by atoms with E-state index in [0.29, 0.717) is 16.5 Å². The Morgan fingerprint density at radius 2 is 2.11 bits per heavy atom. The van der Waals surface area contributed by atoms with E-state index in [0.717, 1.165) is 5.56 Å². The molecule has 19 heavy (non-hydrogen) atoms. The Kier molecular flexibility index (Phi) is 3.29. The Morgan fingerprint density at radius 1 is 1.42 bits per heavy atom. The number of fused-ring (bicyclic) bond motifs is 1. The molecule has 0 fully saturated rings. The number of Topliss-reactive ketones (excluding diaryl/α,β-unsaturated/α-hetero) is 1. The fourth-order valence-electron chi connectivity index (χ4n) is 2.31. The fourth-order valence-corrected chi connectivity index (χ4v) is 2.31. The standard InChI is InChI=1S/C14H14N2O3/c1-8(2)13-10-5-4-6-15-14(10)12(16(18)19)7-11(13)9(3)17/h4-8H,1-3H3. The van der Waals surface area contributed by atoms with Crippen LogP contribution in [0.5, 0.6) is 0 Å². The van der Waals surface area contributed by atoms with Gasteiger partial charge < -0.3 is 0 Å². The second kappa shape index (κ2) is 4.76. The number of carbonyl (C=O) groups is 1. The van der Waals surface area contributed by atoms with Gasteiger partial charge in [0.25, 0.3) is 5.69 Å². The summed E-state index contributed by atoms with van der Waals surface area (Å²) in [5.41, 5.74) is 1.44. The Labute approximate surface area is 110 Å². The van der Waals surface area contributed by atoms with Gasteiger partial charge in [-0.1, -0.05) is 19.9 Å². The van der Waals surface area contributed by atoms with Crippen molar-refractivity contribution in [1.29, 1.82) is 0 Å². The first kappa shape index (κ1) is 13.1. The molecule has 0 aliphatic heterocycles. The maximum absolute atomic E-state index is 11.7. The molecule has 0 atom stereocenters. The van der Waals surface area contributed by atoms with E-state index in [1.807, 2.05) is 13.8 Å². The monoisotopic (exact) mass is 258 g/mol. The zero-order valence-electron chi connectivity index (χ0n) is 11.0. The molecule has 2 aromatic rings. The maximum Gasteiger partial charge on any atom is 0.296 e. The molecule has 1 aromatic heterocycles. The predicted octanol–water partition coefficient (Wildman–Crippen LogP) is 3.47. The summed E-state index contributed by atoms with van der Waals surface area (Å²) in [7, 11) is 0. The van der Waals surface area contributed by atoms with Gasteiger partial charge in [-0.15, -0.1) is 0 Å². The topological polar surface area (TPSA) is 73.1 Å². The summed E-state index contributed by atoms with van der Waals surface area (Å²) in [5.74, 6) is -0.0797. The van der Waals surface area contributed by atoms with Crippen molar-refractivity contribution < 1.29 is 9.72 Å². The fraction of sp³-hybridized carbons (Fsp3) is 0.286. The number of nitro groups is 1. The first-order valence-corrected chi connectivity index (χ1v) is 6.00. The van der Waals surface area contributed by atoms with Crippen LogP contribution < -0.4 is 0 Å². The molecule has 0 amide bonds. The SMILES string of the molecule is CC(=O)c1cc([N+](=O)[O-])c2ncccc2c1C(C)C. The molecule has 0 aliphatic rings. The van der Waals surface area contributed by atoms with Crippen molar-refractivity contribution in [3.05, 3.63) is 45.6 Å². The van der Waals surface area contributed by atoms with Crippen LogP contribution in [0.15, 0.2) is 24.4 Å². The van der Waals surface area contributed by atoms with Crippen LogP contribution >= 0.6 is 0 Å². The molecule has 5 heteroatoms. The third kappa shape index (κ3) is 2.19. The summed E-state index contributed by atoms with van der Waals surface area (Å²) in [6.45, 7) is 5.34. The van der Waals surface area contributed by atoms with Gasteiger partial charge in [0.05, 0.1) is 4.92 Å². The number of pyridine rings is 1. The Morgan fingerprint density at radius 3 is 2.63 bits per heavy atom. The summed E-state index contributed by atoms with van der Waals surface area (Å²) in [6.07, 6.45) is 1.52. The number of hydrogen-bond acceptors (Lipinski definition) is 4. The highest BCUT2D eigenvalue weighted by atomic mass is 16.6. The molecule has 5 nitrogen and oxygen atoms in total. The molecule has 98 valence electrons. The second-order valence-corrected chi connectivity index (χ2v) is 4.72. The van der Waals surface area contributed by atoms with E-state index < -0.39 is 4.92 Å². The summed E-state index contributed by atoms with van der Waals surface area (Å²) >= 11 is 0. The van der Waals surface area contributed by atoms with Crippen LogP contribution in [0.4, 0.5) is 5.69 Å². The lowest BCUT2D eigenvalue weighted by molar-refractivity contribution is -0.383. The van der Waals surface area contributed by atoms with Gasteiger partial charge in [-0.2, -0.15) is 0 Å². The molecule has 0 saturated heterocycles. The Bertz CT molecular complexity index is 678. The van der Waals surface area contributed by atoms with E-state index in [-0.39, 0.29) is 17.4 Å². The van der Waals surface area contributed by atoms with Crippen LogP contribution in [0.1, 0.15) is 42.6 Å². The van der Waals surface area contributed by atoms with Gasteiger partial charge in [-0.3, -0.25) is 14.9 Å². The maximum atomic E-state index is 11.7. The van der Waals surface area contributed by atoms with Gasteiger partial charge in [0.2, 0.25) is 0 Å². The van der Waals surface area contributed by atoms with E-state index >= 15 is 0 Å². The van der Waals surface area contributed by atoms with Gasteiger partial charge in [0.1, 0.15) is 5.52 Å². The van der Waals surface area contributed by atoms with Crippen molar-refractivity contribution >= 4 is 22.4 Å². The van der Waals surface area contributed by atoms with Gasteiger partial charge >= 0.3 is 0 Å². The number of aromatic nitrogens is 1. The zero-order valence-corrected chi connectivity index (χ0v) is 11.0. The molecule has 0 aliphatic carbocycles. The first-order chi connectivity index (χ1) is 8.93. The van der Waals surface area contributed by atoms with E-state index in [4.69, 9.17) is 0 Å². The number of carbonyl (C=O) groups excluding carboxylic acids is 1. The van der Waals surface area contributed by atoms with Crippen molar-refractivity contribution in [2.45, 2.75) is 26.7 Å². The third-order valence-electron chi connectivity index (χ3n) is 3.07. The lowest BCUT2D eigenvalue weighted by Crippen LogP contribution is -2.05. The molecule has 0 spiro atoms. The second-order valence-electron chi connectivity index (χ2n) is 4.72. The molecule has 0 bridgehead atoms. The summed E-state index contributed by atoms with van der Waals surface area (Å²) in [6, 6.07) is 4.84. The smallest absolute Gasteiger partial charge is 0.294 e. The van der Waals surface area contributed by atoms with E-state index in [1.54, 1.807) is 12.1 Å². The Hall–Kier alpha value is -2.30. The van der Waals surface area contributed by atoms with Crippen molar-refractivity contribution in [3.8, 4) is 0 Å². The highest BCUT2D eigenvalue weighted by Gasteiger charge is 2.23. The molecule has 0 radical (unpaired) electrons. The molecule has 0 saturated carbocycles. The van der Waals surface area contributed by atoms with Crippen molar-refractivity contribution in [2.75, 3.05) is 0 Å². The first-order valence-electron chi connectivity index (χ1n) is 6.00. The predicted molar refractivity (Wildman–Crippen MR) is 72.5 cm³/mol. The minimum atomic E-state index is -0.494. The highest BCUT2D eigenvalue weighted by Crippen LogP contribution is 2.34. The van der Waals surface area contributed by atoms with Crippen LogP contribution in [-0.4, -0.2) is 15.7 Å². The average molecular weight is 258 g/mol. The summed E-state index contributed by atoms with van der Waals surface area (Å²) in [5, 5.41) is 11.8. The van der Waals surface area contributed by atoms with E-state index in [2.05, 4.69) is 4.98 Å². The minimum Gasteiger partial charge on any atom is -0.294 e. The van der Waals surface area contributed by atoms with Gasteiger partial charge in [-0.25, -0.2) is 4.98 Å². The third-order valence-corrected chi connectivity index (χ3v) is 3.07. The number of non-ortho nitro benzene ring substituents is 1. The van der Waals surface area contributed by atoms with Crippen LogP contribution in [0.3, 0.4) is 0 Å². The zero-order chi connectivity index (χ0) is 14.2. The quantitative estimate of drug-likeness (QED) is 0.480. The van der Waals surface area contributed by atoms with Crippen LogP contribution in [0.2, 0.25) is 0 Å². The van der Waals surface area contributed by atoms with Crippen molar-refractivity contribution in [1.82, 2.24) is 4.98 Å². The number of nitrogens with zero attached hydrogens (tertiary/aromatic N) is 2. The lowest BCUT2D eigenvalue weighted by Gasteiger charge is -2.14. The van der Waals surface area contributed by atoms with Crippen molar-refractivity contribution in [2.24, 2.45) is 0 Å². The van der Waals surface area contributed by atoms with E-state index in [1.165, 1.54) is 19.2 Å². The molecular formula is C14H14N2O3. The van der Waals surface area contributed by atoms with Crippen LogP contribution in [-0.2, 0) is 0 Å². The number of nitro benzene ring substituents is 1. The summed E-state index contributed by atoms with van der Waals surface area (Å²) < 4.78 is 0. The highest BCUT2D eigenvalue weighted by molar-refractivity contribution is 6.04. The van der Waals surface area contributed by atoms with Gasteiger partial charge in [0.15, 0.2) is 5.78 Å². The molecular weight excluding hydrogens is 244 g/mol. The van der Waals surface area contributed by atoms with Crippen molar-refractivity contribution in [3.63, 3.8) is 0 Å². The molecule has 1 aromatic carbocycles. The van der Waals surface area contributed by atoms with Gasteiger partial charge in [0, 0.05) is 23.2 Å². The molecule has 1 heterocycles. The molecule has 0 N–H and O–H groups in total. The number of benzene rings is 1. The molecule has 2 rings (SSSR count). The average Bonchev–Trinajstić information content (AvgIpc) is 2.35. The molecule has 0 unspecified atom stereocenters. The van der Waals surface area contributed by atoms with Gasteiger partial charge in [-0.05, 0) is 24.5 Å². The number of ketones is 1. The number of hydrogen-bond donors (Lipinski definition) is 0. The number of rotatable bonds is 3. The normalized spacial score (nSPS) is 10.9. The largest absolute Gasteiger partial charge is 0.296 e.